The van der Waals surface area contributed by atoms with Gasteiger partial charge in [-0.25, -0.2) is 4.98 Å². The molecule has 0 saturated carbocycles. The van der Waals surface area contributed by atoms with Crippen LogP contribution in [0.2, 0.25) is 5.02 Å². The largest absolute Gasteiger partial charge is 0.487 e. The average Bonchev–Trinajstić information content (AvgIpc) is 3.59. The Balaban J connectivity index is 0.000000188. The van der Waals surface area contributed by atoms with Crippen LogP contribution in [0.25, 0.3) is 0 Å². The van der Waals surface area contributed by atoms with Gasteiger partial charge in [-0.15, -0.1) is 0 Å². The Bertz CT molecular complexity index is 1900. The van der Waals surface area contributed by atoms with Gasteiger partial charge in [0.15, 0.2) is 0 Å². The van der Waals surface area contributed by atoms with Crippen LogP contribution in [0.3, 0.4) is 0 Å². The molecule has 51 heavy (non-hydrogen) atoms. The summed E-state index contributed by atoms with van der Waals surface area (Å²) in [4.78, 5) is 6.58. The smallest absolute Gasteiger partial charge is 0.294 e. The van der Waals surface area contributed by atoms with Crippen LogP contribution < -0.4 is 4.74 Å². The average molecular weight is 760 g/mol. The zero-order valence-corrected chi connectivity index (χ0v) is 31.7. The molecule has 0 radical (unpaired) electrons. The molecule has 1 spiro atoms. The van der Waals surface area contributed by atoms with Crippen LogP contribution in [0.1, 0.15) is 55.9 Å². The second kappa shape index (κ2) is 15.7. The van der Waals surface area contributed by atoms with Gasteiger partial charge in [-0.05, 0) is 102 Å². The molecule has 0 aliphatic carbocycles. The van der Waals surface area contributed by atoms with Crippen molar-refractivity contribution in [1.29, 1.82) is 0 Å². The van der Waals surface area contributed by atoms with Gasteiger partial charge in [-0.3, -0.25) is 9.11 Å². The van der Waals surface area contributed by atoms with E-state index in [0.717, 1.165) is 55.2 Å². The van der Waals surface area contributed by atoms with Crippen molar-refractivity contribution in [3.8, 4) is 5.75 Å². The number of benzene rings is 3. The number of nitrogens with zero attached hydrogens (tertiary/aromatic N) is 3. The molecule has 2 saturated heterocycles. The molecule has 3 aliphatic rings. The van der Waals surface area contributed by atoms with Gasteiger partial charge in [0.25, 0.3) is 20.2 Å². The Morgan fingerprint density at radius 1 is 0.863 bits per heavy atom. The topological polar surface area (TPSA) is 148 Å². The molecule has 2 fully saturated rings. The second-order valence-corrected chi connectivity index (χ2v) is 17.4. The van der Waals surface area contributed by atoms with Crippen molar-refractivity contribution >= 4 is 31.8 Å². The maximum absolute atomic E-state index is 10.5. The van der Waals surface area contributed by atoms with E-state index < -0.39 is 20.2 Å². The minimum atomic E-state index is -4.02. The lowest BCUT2D eigenvalue weighted by Crippen LogP contribution is -2.54. The minimum Gasteiger partial charge on any atom is -0.487 e. The van der Waals surface area contributed by atoms with Gasteiger partial charge in [0.05, 0.1) is 28.8 Å². The molecule has 2 atom stereocenters. The highest BCUT2D eigenvalue weighted by atomic mass is 35.5. The van der Waals surface area contributed by atoms with Gasteiger partial charge in [0, 0.05) is 42.0 Å². The molecule has 7 rings (SSSR count). The lowest BCUT2D eigenvalue weighted by Gasteiger charge is -2.54. The van der Waals surface area contributed by atoms with E-state index in [4.69, 9.17) is 30.2 Å². The summed E-state index contributed by atoms with van der Waals surface area (Å²) in [6.07, 6.45) is 9.46. The number of piperidine rings is 1. The van der Waals surface area contributed by atoms with E-state index in [1.54, 1.807) is 24.3 Å². The van der Waals surface area contributed by atoms with Crippen LogP contribution in [0.15, 0.2) is 95.2 Å². The third-order valence-corrected chi connectivity index (χ3v) is 11.9. The Kier molecular flexibility index (Phi) is 12.0. The summed E-state index contributed by atoms with van der Waals surface area (Å²) in [6, 6.07) is 17.9. The molecular weight excluding hydrogens is 714 g/mol. The summed E-state index contributed by atoms with van der Waals surface area (Å²) in [6.45, 7) is 13.3. The summed E-state index contributed by atoms with van der Waals surface area (Å²) in [5.74, 6) is 1.25. The lowest BCUT2D eigenvalue weighted by molar-refractivity contribution is -0.174. The first-order chi connectivity index (χ1) is 23.9. The van der Waals surface area contributed by atoms with Crippen molar-refractivity contribution in [2.75, 3.05) is 26.2 Å². The summed E-state index contributed by atoms with van der Waals surface area (Å²) < 4.78 is 74.3. The van der Waals surface area contributed by atoms with Gasteiger partial charge in [-0.2, -0.15) is 16.8 Å². The zero-order chi connectivity index (χ0) is 37.0. The molecule has 4 heterocycles. The molecule has 0 unspecified atom stereocenters. The number of hydrogen-bond donors (Lipinski definition) is 2. The van der Waals surface area contributed by atoms with Crippen molar-refractivity contribution < 1.29 is 35.4 Å². The van der Waals surface area contributed by atoms with Gasteiger partial charge >= 0.3 is 0 Å². The molecular formula is C37H46ClN3O8S2. The number of halogens is 1. The number of imidazole rings is 1. The molecule has 1 aromatic heterocycles. The van der Waals surface area contributed by atoms with Crippen molar-refractivity contribution in [2.45, 2.75) is 75.0 Å². The van der Waals surface area contributed by atoms with Crippen LogP contribution in [-0.4, -0.2) is 72.2 Å². The Labute approximate surface area is 306 Å². The van der Waals surface area contributed by atoms with Gasteiger partial charge < -0.3 is 18.9 Å². The van der Waals surface area contributed by atoms with Gasteiger partial charge in [-0.1, -0.05) is 53.1 Å². The predicted molar refractivity (Wildman–Crippen MR) is 195 cm³/mol. The first-order valence-corrected chi connectivity index (χ1v) is 20.1. The molecule has 276 valence electrons. The maximum Gasteiger partial charge on any atom is 0.294 e. The summed E-state index contributed by atoms with van der Waals surface area (Å²) >= 11 is 6.20. The van der Waals surface area contributed by atoms with E-state index >= 15 is 0 Å². The number of fused-ring (bicyclic) bond motifs is 3. The first-order valence-electron chi connectivity index (χ1n) is 16.8. The minimum absolute atomic E-state index is 0.0666. The molecule has 0 bridgehead atoms. The Morgan fingerprint density at radius 2 is 1.43 bits per heavy atom. The quantitative estimate of drug-likeness (QED) is 0.203. The van der Waals surface area contributed by atoms with E-state index in [1.165, 1.54) is 43.5 Å². The molecule has 3 aromatic carbocycles. The van der Waals surface area contributed by atoms with E-state index in [1.807, 2.05) is 44.7 Å². The predicted octanol–water partition coefficient (Wildman–Crippen LogP) is 7.05. The van der Waals surface area contributed by atoms with Crippen molar-refractivity contribution in [2.24, 2.45) is 11.3 Å². The third kappa shape index (κ3) is 10.2. The molecule has 4 aromatic rings. The second-order valence-electron chi connectivity index (χ2n) is 14.1. The molecule has 11 nitrogen and oxygen atoms in total. The third-order valence-electron chi connectivity index (χ3n) is 9.92. The fourth-order valence-corrected chi connectivity index (χ4v) is 7.94. The molecule has 14 heteroatoms. The van der Waals surface area contributed by atoms with E-state index in [9.17, 15) is 16.8 Å². The number of rotatable bonds is 5. The highest BCUT2D eigenvalue weighted by molar-refractivity contribution is 7.86. The summed E-state index contributed by atoms with van der Waals surface area (Å²) in [5, 5.41) is 0.716. The number of aryl methyl sites for hydroxylation is 2. The van der Waals surface area contributed by atoms with Crippen LogP contribution in [0.4, 0.5) is 0 Å². The zero-order valence-electron chi connectivity index (χ0n) is 29.3. The summed E-state index contributed by atoms with van der Waals surface area (Å²) in [7, 11) is -8.04. The van der Waals surface area contributed by atoms with Gasteiger partial charge in [0.1, 0.15) is 11.4 Å². The number of aromatic nitrogens is 2. The fraction of sp³-hybridized carbons (Fsp3) is 0.432. The highest BCUT2D eigenvalue weighted by Gasteiger charge is 2.52. The van der Waals surface area contributed by atoms with Crippen LogP contribution in [0, 0.1) is 25.2 Å². The SMILES string of the molecule is CC1(C)Oc2cc(Cl)ccc2[C@@H]2OCC3(CCN(CCn4ccnc4)CC3)C[C@H]21.Cc1ccc(S(=O)(=O)O)cc1.Cc1ccc(S(=O)(=O)O)cc1. The van der Waals surface area contributed by atoms with Crippen molar-refractivity contribution in [3.63, 3.8) is 0 Å². The van der Waals surface area contributed by atoms with Crippen molar-refractivity contribution in [3.05, 3.63) is 107 Å². The number of hydrogen-bond acceptors (Lipinski definition) is 8. The number of ether oxygens (including phenoxy) is 2. The number of likely N-dealkylation sites (tertiary alicyclic amines) is 1. The Morgan fingerprint density at radius 3 is 1.94 bits per heavy atom. The first kappa shape index (κ1) is 38.9. The highest BCUT2D eigenvalue weighted by Crippen LogP contribution is 2.55. The molecule has 0 amide bonds. The van der Waals surface area contributed by atoms with E-state index in [0.29, 0.717) is 10.9 Å². The van der Waals surface area contributed by atoms with E-state index in [-0.39, 0.29) is 26.9 Å². The molecule has 3 aliphatic heterocycles. The lowest BCUT2D eigenvalue weighted by atomic mass is 9.64. The monoisotopic (exact) mass is 759 g/mol. The fourth-order valence-electron chi connectivity index (χ4n) is 6.82. The maximum atomic E-state index is 10.5. The van der Waals surface area contributed by atoms with Crippen LogP contribution >= 0.6 is 11.6 Å². The van der Waals surface area contributed by atoms with Crippen LogP contribution in [-0.2, 0) is 31.5 Å². The van der Waals surface area contributed by atoms with Crippen molar-refractivity contribution in [1.82, 2.24) is 14.5 Å². The van der Waals surface area contributed by atoms with E-state index in [2.05, 4.69) is 34.4 Å². The normalized spacial score (nSPS) is 20.8. The van der Waals surface area contributed by atoms with Crippen LogP contribution in [0.5, 0.6) is 5.75 Å². The Hall–Kier alpha value is -3.30. The van der Waals surface area contributed by atoms with Gasteiger partial charge in [0.2, 0.25) is 0 Å². The molecule has 2 N–H and O–H groups in total. The summed E-state index contributed by atoms with van der Waals surface area (Å²) in [5.41, 5.74) is 3.09. The standard InChI is InChI=1S/C23H30ClN3O2.2C7H8O3S/c1-22(2)19-14-23(5-8-26(9-6-23)11-12-27-10-7-25-16-27)15-28-21(19)18-4-3-17(24)13-20(18)29-22;2*1-6-2-4-7(5-3-6)11(8,9)10/h3-4,7,10,13,16,19,21H,5-6,8-9,11-12,14-15H2,1-2H3;2*2-5H,1H3,(H,8,9,10)/t19-,21+;;/m1../s1.